The van der Waals surface area contributed by atoms with Crippen molar-refractivity contribution in [2.24, 2.45) is 5.92 Å². The van der Waals surface area contributed by atoms with Crippen LogP contribution in [0.25, 0.3) is 0 Å². The van der Waals surface area contributed by atoms with Crippen molar-refractivity contribution in [3.05, 3.63) is 15.6 Å². The highest BCUT2D eigenvalue weighted by Crippen LogP contribution is 2.27. The maximum absolute atomic E-state index is 5.08. The Bertz CT molecular complexity index is 317. The second-order valence-corrected chi connectivity index (χ2v) is 6.06. The summed E-state index contributed by atoms with van der Waals surface area (Å²) in [6, 6.07) is 0.363. The lowest BCUT2D eigenvalue weighted by molar-refractivity contribution is 0.194. The van der Waals surface area contributed by atoms with Crippen molar-refractivity contribution in [1.29, 1.82) is 0 Å². The van der Waals surface area contributed by atoms with Crippen LogP contribution in [0.2, 0.25) is 0 Å². The topological polar surface area (TPSA) is 34.1 Å². The third kappa shape index (κ3) is 4.74. The minimum Gasteiger partial charge on any atom is -0.383 e. The molecule has 0 radical (unpaired) electrons. The first-order valence-corrected chi connectivity index (χ1v) is 7.02. The second-order valence-electron chi connectivity index (χ2n) is 4.82. The fourth-order valence-electron chi connectivity index (χ4n) is 1.72. The Labute approximate surface area is 109 Å². The van der Waals surface area contributed by atoms with Gasteiger partial charge in [-0.05, 0) is 26.2 Å². The number of thiazole rings is 1. The smallest absolute Gasteiger partial charge is 0.110 e. The zero-order valence-electron chi connectivity index (χ0n) is 11.5. The summed E-state index contributed by atoms with van der Waals surface area (Å²) < 4.78 is 5.08. The van der Waals surface area contributed by atoms with Crippen molar-refractivity contribution in [2.45, 2.75) is 40.2 Å². The van der Waals surface area contributed by atoms with E-state index in [1.165, 1.54) is 9.88 Å². The number of methoxy groups -OCH3 is 1. The fourth-order valence-corrected chi connectivity index (χ4v) is 2.74. The molecule has 1 aromatic rings. The van der Waals surface area contributed by atoms with Crippen molar-refractivity contribution in [2.75, 3.05) is 20.3 Å². The number of rotatable bonds is 7. The van der Waals surface area contributed by atoms with Gasteiger partial charge in [0, 0.05) is 18.5 Å². The average molecular weight is 256 g/mol. The van der Waals surface area contributed by atoms with E-state index in [2.05, 4.69) is 38.0 Å². The van der Waals surface area contributed by atoms with Gasteiger partial charge >= 0.3 is 0 Å². The Hall–Kier alpha value is -0.450. The number of nitrogens with one attached hydrogen (secondary N) is 1. The summed E-state index contributed by atoms with van der Waals surface area (Å²) in [7, 11) is 1.73. The number of hydrogen-bond acceptors (Lipinski definition) is 4. The first kappa shape index (κ1) is 14.6. The van der Waals surface area contributed by atoms with Crippen LogP contribution in [0.15, 0.2) is 0 Å². The van der Waals surface area contributed by atoms with Crippen molar-refractivity contribution < 1.29 is 4.74 Å². The highest BCUT2D eigenvalue weighted by atomic mass is 32.1. The second kappa shape index (κ2) is 7.09. The molecular formula is C13H24N2OS. The van der Waals surface area contributed by atoms with Crippen LogP contribution in [0, 0.1) is 19.8 Å². The first-order chi connectivity index (χ1) is 8.04. The molecule has 0 saturated carbocycles. The van der Waals surface area contributed by atoms with Crippen molar-refractivity contribution >= 4 is 11.3 Å². The van der Waals surface area contributed by atoms with Crippen molar-refractivity contribution in [3.63, 3.8) is 0 Å². The predicted molar refractivity (Wildman–Crippen MR) is 73.7 cm³/mol. The number of aromatic nitrogens is 1. The molecule has 3 nitrogen and oxygen atoms in total. The van der Waals surface area contributed by atoms with Gasteiger partial charge in [0.25, 0.3) is 0 Å². The summed E-state index contributed by atoms with van der Waals surface area (Å²) in [5, 5.41) is 4.74. The Morgan fingerprint density at radius 2 is 2.06 bits per heavy atom. The molecule has 1 atom stereocenters. The maximum Gasteiger partial charge on any atom is 0.110 e. The van der Waals surface area contributed by atoms with E-state index in [0.717, 1.165) is 25.3 Å². The van der Waals surface area contributed by atoms with E-state index in [-0.39, 0.29) is 0 Å². The van der Waals surface area contributed by atoms with Gasteiger partial charge in [-0.2, -0.15) is 0 Å². The van der Waals surface area contributed by atoms with Gasteiger partial charge in [0.05, 0.1) is 18.3 Å². The van der Waals surface area contributed by atoms with Gasteiger partial charge in [-0.3, -0.25) is 0 Å². The largest absolute Gasteiger partial charge is 0.383 e. The molecule has 17 heavy (non-hydrogen) atoms. The van der Waals surface area contributed by atoms with Crippen LogP contribution in [-0.2, 0) is 4.74 Å². The molecule has 1 rings (SSSR count). The van der Waals surface area contributed by atoms with Gasteiger partial charge in [0.2, 0.25) is 0 Å². The normalized spacial score (nSPS) is 13.3. The van der Waals surface area contributed by atoms with Crippen molar-refractivity contribution in [1.82, 2.24) is 10.3 Å². The summed E-state index contributed by atoms with van der Waals surface area (Å²) >= 11 is 1.81. The molecular weight excluding hydrogens is 232 g/mol. The molecule has 1 heterocycles. The molecule has 0 aliphatic carbocycles. The standard InChI is InChI=1S/C13H24N2OS/c1-9(2)8-12(14-6-7-16-5)13-15-10(3)11(4)17-13/h9,12,14H,6-8H2,1-5H3. The Morgan fingerprint density at radius 1 is 1.35 bits per heavy atom. The van der Waals surface area contributed by atoms with E-state index in [1.54, 1.807) is 7.11 Å². The molecule has 98 valence electrons. The maximum atomic E-state index is 5.08. The molecule has 0 saturated heterocycles. The summed E-state index contributed by atoms with van der Waals surface area (Å²) in [4.78, 5) is 5.98. The van der Waals surface area contributed by atoms with Crippen LogP contribution in [-0.4, -0.2) is 25.2 Å². The molecule has 4 heteroatoms. The summed E-state index contributed by atoms with van der Waals surface area (Å²) in [5.74, 6) is 0.666. The third-order valence-electron chi connectivity index (χ3n) is 2.75. The summed E-state index contributed by atoms with van der Waals surface area (Å²) in [6.07, 6.45) is 1.12. The Balaban J connectivity index is 2.67. The minimum absolute atomic E-state index is 0.363. The molecule has 0 aliphatic rings. The summed E-state index contributed by atoms with van der Waals surface area (Å²) in [6.45, 7) is 10.3. The molecule has 0 spiro atoms. The lowest BCUT2D eigenvalue weighted by Crippen LogP contribution is -2.26. The molecule has 0 aromatic carbocycles. The highest BCUT2D eigenvalue weighted by Gasteiger charge is 2.17. The minimum atomic E-state index is 0.363. The monoisotopic (exact) mass is 256 g/mol. The third-order valence-corrected chi connectivity index (χ3v) is 3.93. The highest BCUT2D eigenvalue weighted by molar-refractivity contribution is 7.11. The van der Waals surface area contributed by atoms with Crippen molar-refractivity contribution in [3.8, 4) is 0 Å². The van der Waals surface area contributed by atoms with Gasteiger partial charge < -0.3 is 10.1 Å². The van der Waals surface area contributed by atoms with Gasteiger partial charge in [-0.15, -0.1) is 11.3 Å². The quantitative estimate of drug-likeness (QED) is 0.761. The molecule has 0 fully saturated rings. The number of hydrogen-bond donors (Lipinski definition) is 1. The molecule has 0 bridgehead atoms. The van der Waals surface area contributed by atoms with E-state index in [1.807, 2.05) is 11.3 Å². The average Bonchev–Trinajstić information content (AvgIpc) is 2.57. The Morgan fingerprint density at radius 3 is 2.53 bits per heavy atom. The van der Waals surface area contributed by atoms with E-state index in [4.69, 9.17) is 4.74 Å². The van der Waals surface area contributed by atoms with Gasteiger partial charge in [0.15, 0.2) is 0 Å². The fraction of sp³-hybridized carbons (Fsp3) is 0.769. The zero-order chi connectivity index (χ0) is 12.8. The number of aryl methyl sites for hydroxylation is 2. The zero-order valence-corrected chi connectivity index (χ0v) is 12.4. The predicted octanol–water partition coefficient (Wildman–Crippen LogP) is 3.08. The molecule has 1 unspecified atom stereocenters. The Kier molecular flexibility index (Phi) is 6.09. The van der Waals surface area contributed by atoms with Crippen LogP contribution in [0.1, 0.15) is 41.9 Å². The van der Waals surface area contributed by atoms with Gasteiger partial charge in [-0.25, -0.2) is 4.98 Å². The van der Waals surface area contributed by atoms with Crippen LogP contribution in [0.4, 0.5) is 0 Å². The van der Waals surface area contributed by atoms with Crippen LogP contribution in [0.3, 0.4) is 0 Å². The first-order valence-electron chi connectivity index (χ1n) is 6.20. The van der Waals surface area contributed by atoms with E-state index in [0.29, 0.717) is 12.0 Å². The lowest BCUT2D eigenvalue weighted by Gasteiger charge is -2.18. The van der Waals surface area contributed by atoms with E-state index < -0.39 is 0 Å². The number of ether oxygens (including phenoxy) is 1. The van der Waals surface area contributed by atoms with Crippen LogP contribution in [0.5, 0.6) is 0 Å². The van der Waals surface area contributed by atoms with Crippen LogP contribution < -0.4 is 5.32 Å². The summed E-state index contributed by atoms with van der Waals surface area (Å²) in [5.41, 5.74) is 1.16. The van der Waals surface area contributed by atoms with E-state index in [9.17, 15) is 0 Å². The molecule has 1 N–H and O–H groups in total. The molecule has 1 aromatic heterocycles. The van der Waals surface area contributed by atoms with E-state index >= 15 is 0 Å². The van der Waals surface area contributed by atoms with Crippen LogP contribution >= 0.6 is 11.3 Å². The van der Waals surface area contributed by atoms with Gasteiger partial charge in [-0.1, -0.05) is 13.8 Å². The SMILES string of the molecule is COCCNC(CC(C)C)c1nc(C)c(C)s1. The molecule has 0 amide bonds. The molecule has 0 aliphatic heterocycles. The number of nitrogens with zero attached hydrogens (tertiary/aromatic N) is 1. The van der Waals surface area contributed by atoms with Gasteiger partial charge in [0.1, 0.15) is 5.01 Å². The lowest BCUT2D eigenvalue weighted by atomic mass is 10.0.